The van der Waals surface area contributed by atoms with E-state index in [0.717, 1.165) is 25.9 Å². The van der Waals surface area contributed by atoms with E-state index < -0.39 is 16.1 Å². The summed E-state index contributed by atoms with van der Waals surface area (Å²) in [4.78, 5) is 13.4. The molecule has 118 valence electrons. The highest BCUT2D eigenvalue weighted by Crippen LogP contribution is 2.16. The van der Waals surface area contributed by atoms with Crippen molar-refractivity contribution in [2.45, 2.75) is 39.2 Å². The van der Waals surface area contributed by atoms with Crippen molar-refractivity contribution in [2.24, 2.45) is 5.92 Å². The van der Waals surface area contributed by atoms with Crippen LogP contribution in [0.2, 0.25) is 0 Å². The Bertz CT molecular complexity index is 405. The van der Waals surface area contributed by atoms with Crippen LogP contribution in [0, 0.1) is 5.92 Å². The van der Waals surface area contributed by atoms with E-state index in [2.05, 4.69) is 10.0 Å². The zero-order valence-corrected chi connectivity index (χ0v) is 13.5. The smallest absolute Gasteiger partial charge is 0.240 e. The van der Waals surface area contributed by atoms with E-state index in [9.17, 15) is 13.2 Å². The van der Waals surface area contributed by atoms with Crippen LogP contribution >= 0.6 is 0 Å². The van der Waals surface area contributed by atoms with Gasteiger partial charge in [0.15, 0.2) is 0 Å². The second-order valence-electron chi connectivity index (χ2n) is 5.49. The predicted molar refractivity (Wildman–Crippen MR) is 79.9 cm³/mol. The Morgan fingerprint density at radius 3 is 2.55 bits per heavy atom. The number of nitrogens with zero attached hydrogens (tertiary/aromatic N) is 1. The number of carbonyl (C=O) groups excluding carboxylic acids is 1. The minimum Gasteiger partial charge on any atom is -0.345 e. The van der Waals surface area contributed by atoms with E-state index in [0.29, 0.717) is 18.9 Å². The quantitative estimate of drug-likeness (QED) is 0.702. The molecule has 1 amide bonds. The van der Waals surface area contributed by atoms with E-state index in [4.69, 9.17) is 0 Å². The Balaban J connectivity index is 2.42. The molecule has 1 aliphatic heterocycles. The average molecular weight is 305 g/mol. The number of likely N-dealkylation sites (N-methyl/N-ethyl adjacent to an activating group) is 1. The van der Waals surface area contributed by atoms with E-state index in [1.54, 1.807) is 14.0 Å². The molecular weight excluding hydrogens is 278 g/mol. The maximum Gasteiger partial charge on any atom is 0.240 e. The van der Waals surface area contributed by atoms with Crippen LogP contribution in [0.3, 0.4) is 0 Å². The van der Waals surface area contributed by atoms with Crippen LogP contribution in [0.25, 0.3) is 0 Å². The van der Waals surface area contributed by atoms with Gasteiger partial charge in [0.25, 0.3) is 0 Å². The zero-order valence-electron chi connectivity index (χ0n) is 12.7. The topological polar surface area (TPSA) is 78.5 Å². The number of amides is 1. The number of sulfonamides is 1. The molecule has 7 heteroatoms. The first-order valence-electron chi connectivity index (χ1n) is 7.31. The van der Waals surface area contributed by atoms with Crippen LogP contribution in [0.5, 0.6) is 0 Å². The number of piperidine rings is 1. The Morgan fingerprint density at radius 1 is 1.40 bits per heavy atom. The molecule has 0 aliphatic carbocycles. The summed E-state index contributed by atoms with van der Waals surface area (Å²) >= 11 is 0. The monoisotopic (exact) mass is 305 g/mol. The minimum absolute atomic E-state index is 0.102. The van der Waals surface area contributed by atoms with E-state index in [-0.39, 0.29) is 11.7 Å². The Labute approximate surface area is 122 Å². The summed E-state index contributed by atoms with van der Waals surface area (Å²) in [5.74, 6) is 0.376. The molecule has 1 heterocycles. The summed E-state index contributed by atoms with van der Waals surface area (Å²) in [6.45, 7) is 5.95. The van der Waals surface area contributed by atoms with Crippen LogP contribution < -0.4 is 10.0 Å². The summed E-state index contributed by atoms with van der Waals surface area (Å²) in [6, 6.07) is -0.696. The first kappa shape index (κ1) is 17.4. The van der Waals surface area contributed by atoms with Gasteiger partial charge in [0.1, 0.15) is 0 Å². The van der Waals surface area contributed by atoms with Crippen LogP contribution in [-0.4, -0.2) is 57.7 Å². The molecule has 0 spiro atoms. The SMILES string of the molecule is CCN(C)C(=O)C(C)NS(=O)(=O)CCC1CCNCC1. The number of hydrogen-bond acceptors (Lipinski definition) is 4. The summed E-state index contributed by atoms with van der Waals surface area (Å²) in [7, 11) is -1.72. The third kappa shape index (κ3) is 5.76. The molecule has 1 rings (SSSR count). The van der Waals surface area contributed by atoms with Crippen molar-refractivity contribution in [1.82, 2.24) is 14.9 Å². The van der Waals surface area contributed by atoms with Crippen LogP contribution in [0.15, 0.2) is 0 Å². The molecular formula is C13H27N3O3S. The van der Waals surface area contributed by atoms with E-state index >= 15 is 0 Å². The van der Waals surface area contributed by atoms with Gasteiger partial charge < -0.3 is 10.2 Å². The van der Waals surface area contributed by atoms with Gasteiger partial charge in [-0.3, -0.25) is 4.79 Å². The molecule has 1 saturated heterocycles. The molecule has 0 aromatic carbocycles. The molecule has 1 unspecified atom stereocenters. The third-order valence-corrected chi connectivity index (χ3v) is 5.32. The Hall–Kier alpha value is -0.660. The van der Waals surface area contributed by atoms with Gasteiger partial charge in [0.2, 0.25) is 15.9 Å². The number of carbonyl (C=O) groups is 1. The maximum absolute atomic E-state index is 12.0. The van der Waals surface area contributed by atoms with Crippen molar-refractivity contribution in [3.05, 3.63) is 0 Å². The molecule has 1 aliphatic rings. The summed E-state index contributed by atoms with van der Waals surface area (Å²) < 4.78 is 26.5. The van der Waals surface area contributed by atoms with Gasteiger partial charge in [-0.2, -0.15) is 0 Å². The van der Waals surface area contributed by atoms with Gasteiger partial charge in [0.05, 0.1) is 11.8 Å². The van der Waals surface area contributed by atoms with Crippen molar-refractivity contribution in [3.8, 4) is 0 Å². The van der Waals surface area contributed by atoms with Gasteiger partial charge in [0, 0.05) is 13.6 Å². The van der Waals surface area contributed by atoms with Gasteiger partial charge in [-0.05, 0) is 52.1 Å². The molecule has 20 heavy (non-hydrogen) atoms. The molecule has 0 aromatic rings. The van der Waals surface area contributed by atoms with Gasteiger partial charge in [-0.25, -0.2) is 13.1 Å². The first-order chi connectivity index (χ1) is 9.35. The summed E-state index contributed by atoms with van der Waals surface area (Å²) in [5.41, 5.74) is 0. The van der Waals surface area contributed by atoms with Crippen molar-refractivity contribution in [2.75, 3.05) is 32.4 Å². The van der Waals surface area contributed by atoms with Crippen LogP contribution in [0.1, 0.15) is 33.1 Å². The number of nitrogens with one attached hydrogen (secondary N) is 2. The second-order valence-corrected chi connectivity index (χ2v) is 7.37. The molecule has 0 radical (unpaired) electrons. The van der Waals surface area contributed by atoms with Crippen molar-refractivity contribution in [1.29, 1.82) is 0 Å². The standard InChI is InChI=1S/C13H27N3O3S/c1-4-16(3)13(17)11(2)15-20(18,19)10-7-12-5-8-14-9-6-12/h11-12,14-15H,4-10H2,1-3H3. The highest BCUT2D eigenvalue weighted by atomic mass is 32.2. The number of rotatable bonds is 7. The summed E-state index contributed by atoms with van der Waals surface area (Å²) in [6.07, 6.45) is 2.73. The van der Waals surface area contributed by atoms with Crippen molar-refractivity contribution >= 4 is 15.9 Å². The molecule has 2 N–H and O–H groups in total. The van der Waals surface area contributed by atoms with Crippen LogP contribution in [0.4, 0.5) is 0 Å². The third-order valence-electron chi connectivity index (χ3n) is 3.83. The fraction of sp³-hybridized carbons (Fsp3) is 0.923. The lowest BCUT2D eigenvalue weighted by atomic mass is 9.96. The molecule has 0 bridgehead atoms. The lowest BCUT2D eigenvalue weighted by Crippen LogP contribution is -2.46. The van der Waals surface area contributed by atoms with Crippen LogP contribution in [-0.2, 0) is 14.8 Å². The molecule has 6 nitrogen and oxygen atoms in total. The Morgan fingerprint density at radius 2 is 2.00 bits per heavy atom. The second kappa shape index (κ2) is 7.95. The molecule has 0 saturated carbocycles. The van der Waals surface area contributed by atoms with E-state index in [1.165, 1.54) is 4.90 Å². The van der Waals surface area contributed by atoms with Gasteiger partial charge in [-0.1, -0.05) is 0 Å². The molecule has 0 aromatic heterocycles. The average Bonchev–Trinajstić information content (AvgIpc) is 2.44. The van der Waals surface area contributed by atoms with Gasteiger partial charge >= 0.3 is 0 Å². The lowest BCUT2D eigenvalue weighted by Gasteiger charge is -2.23. The first-order valence-corrected chi connectivity index (χ1v) is 8.96. The largest absolute Gasteiger partial charge is 0.345 e. The number of hydrogen-bond donors (Lipinski definition) is 2. The lowest BCUT2D eigenvalue weighted by molar-refractivity contribution is -0.131. The highest BCUT2D eigenvalue weighted by Gasteiger charge is 2.23. The van der Waals surface area contributed by atoms with Crippen molar-refractivity contribution in [3.63, 3.8) is 0 Å². The molecule has 1 fully saturated rings. The summed E-state index contributed by atoms with van der Waals surface area (Å²) in [5, 5.41) is 3.26. The van der Waals surface area contributed by atoms with Gasteiger partial charge in [-0.15, -0.1) is 0 Å². The van der Waals surface area contributed by atoms with E-state index in [1.807, 2.05) is 6.92 Å². The normalized spacial score (nSPS) is 18.8. The maximum atomic E-state index is 12.0. The Kier molecular flexibility index (Phi) is 6.91. The fourth-order valence-electron chi connectivity index (χ4n) is 2.36. The fourth-order valence-corrected chi connectivity index (χ4v) is 3.76. The zero-order chi connectivity index (χ0) is 15.2. The predicted octanol–water partition coefficient (Wildman–Crippen LogP) is 0.162. The minimum atomic E-state index is -3.38. The van der Waals surface area contributed by atoms with Crippen molar-refractivity contribution < 1.29 is 13.2 Å². The molecule has 1 atom stereocenters. The highest BCUT2D eigenvalue weighted by molar-refractivity contribution is 7.89.